The summed E-state index contributed by atoms with van der Waals surface area (Å²) in [4.78, 5) is 45.7. The molecule has 3 heterocycles. The van der Waals surface area contributed by atoms with E-state index in [9.17, 15) is 19.5 Å². The molecule has 4 N–H and O–H groups in total. The van der Waals surface area contributed by atoms with E-state index in [4.69, 9.17) is 0 Å². The number of pyridine rings is 1. The molecular formula is C33H37N5O4. The van der Waals surface area contributed by atoms with Gasteiger partial charge in [-0.25, -0.2) is 0 Å². The van der Waals surface area contributed by atoms with Crippen LogP contribution in [0.2, 0.25) is 0 Å². The van der Waals surface area contributed by atoms with Gasteiger partial charge in [0.05, 0.1) is 17.6 Å². The maximum Gasteiger partial charge on any atom is 0.251 e. The summed E-state index contributed by atoms with van der Waals surface area (Å²) >= 11 is 0. The molecule has 9 heteroatoms. The fourth-order valence-electron chi connectivity index (χ4n) is 6.63. The van der Waals surface area contributed by atoms with Gasteiger partial charge in [-0.2, -0.15) is 0 Å². The molecule has 4 atom stereocenters. The average Bonchev–Trinajstić information content (AvgIpc) is 3.21. The van der Waals surface area contributed by atoms with E-state index in [2.05, 4.69) is 25.8 Å². The predicted molar refractivity (Wildman–Crippen MR) is 160 cm³/mol. The minimum atomic E-state index is -0.289. The Morgan fingerprint density at radius 1 is 0.810 bits per heavy atom. The van der Waals surface area contributed by atoms with Crippen molar-refractivity contribution in [2.45, 2.75) is 44.2 Å². The molecule has 2 aliphatic heterocycles. The second-order valence-corrected chi connectivity index (χ2v) is 11.8. The van der Waals surface area contributed by atoms with E-state index in [0.29, 0.717) is 41.5 Å². The third-order valence-corrected chi connectivity index (χ3v) is 8.90. The van der Waals surface area contributed by atoms with Crippen molar-refractivity contribution in [2.75, 3.05) is 31.1 Å². The van der Waals surface area contributed by atoms with Crippen LogP contribution >= 0.6 is 0 Å². The zero-order valence-electron chi connectivity index (χ0n) is 23.6. The van der Waals surface area contributed by atoms with E-state index >= 15 is 0 Å². The highest BCUT2D eigenvalue weighted by atomic mass is 16.3. The Bertz CT molecular complexity index is 1430. The molecule has 3 aromatic rings. The van der Waals surface area contributed by atoms with Gasteiger partial charge in [0, 0.05) is 54.4 Å². The fraction of sp³-hybridized carbons (Fsp3) is 0.394. The van der Waals surface area contributed by atoms with Crippen LogP contribution in [0.25, 0.3) is 0 Å². The molecule has 2 bridgehead atoms. The van der Waals surface area contributed by atoms with Crippen LogP contribution in [0.1, 0.15) is 68.7 Å². The number of phenolic OH excluding ortho intramolecular Hbond substituents is 1. The highest BCUT2D eigenvalue weighted by molar-refractivity contribution is 6.11. The van der Waals surface area contributed by atoms with E-state index in [0.717, 1.165) is 31.7 Å². The van der Waals surface area contributed by atoms with E-state index in [-0.39, 0.29) is 41.0 Å². The Morgan fingerprint density at radius 2 is 1.45 bits per heavy atom. The third kappa shape index (κ3) is 6.16. The van der Waals surface area contributed by atoms with Crippen molar-refractivity contribution in [3.63, 3.8) is 0 Å². The molecule has 1 saturated carbocycles. The second kappa shape index (κ2) is 12.3. The molecule has 9 nitrogen and oxygen atoms in total. The number of aromatic hydroxyl groups is 1. The SMILES string of the molecule is O=C(N[C@@H]1CCCNC[C@H]1NC(=O)c1ccncc1)c1ccc(C(=O)c2cc(N3CC4CCC(C4)C3)ccc2O)cc1. The number of carbonyl (C=O) groups excluding carboxylic acids is 3. The summed E-state index contributed by atoms with van der Waals surface area (Å²) in [5.41, 5.74) is 2.57. The zero-order valence-corrected chi connectivity index (χ0v) is 23.6. The van der Waals surface area contributed by atoms with Gasteiger partial charge < -0.3 is 26.0 Å². The molecule has 1 aliphatic carbocycles. The number of hydrogen-bond donors (Lipinski definition) is 4. The Morgan fingerprint density at radius 3 is 2.17 bits per heavy atom. The van der Waals surface area contributed by atoms with Crippen molar-refractivity contribution in [2.24, 2.45) is 11.8 Å². The number of fused-ring (bicyclic) bond motifs is 2. The van der Waals surface area contributed by atoms with Gasteiger partial charge in [0.25, 0.3) is 11.8 Å². The number of amides is 2. The number of rotatable bonds is 7. The summed E-state index contributed by atoms with van der Waals surface area (Å²) in [5.74, 6) is 0.597. The highest BCUT2D eigenvalue weighted by Crippen LogP contribution is 2.39. The van der Waals surface area contributed by atoms with Crippen LogP contribution in [0.4, 0.5) is 5.69 Å². The summed E-state index contributed by atoms with van der Waals surface area (Å²) < 4.78 is 0. The summed E-state index contributed by atoms with van der Waals surface area (Å²) in [6.45, 7) is 3.32. The first-order valence-corrected chi connectivity index (χ1v) is 14.9. The van der Waals surface area contributed by atoms with Crippen molar-refractivity contribution >= 4 is 23.3 Å². The number of carbonyl (C=O) groups is 3. The lowest BCUT2D eigenvalue weighted by molar-refractivity contribution is 0.0882. The number of aromatic nitrogens is 1. The average molecular weight is 568 g/mol. The smallest absolute Gasteiger partial charge is 0.251 e. The lowest BCUT2D eigenvalue weighted by atomic mass is 9.96. The van der Waals surface area contributed by atoms with Crippen molar-refractivity contribution in [1.82, 2.24) is 20.9 Å². The Labute approximate surface area is 245 Å². The van der Waals surface area contributed by atoms with Crippen LogP contribution < -0.4 is 20.9 Å². The van der Waals surface area contributed by atoms with Gasteiger partial charge in [0.2, 0.25) is 0 Å². The van der Waals surface area contributed by atoms with Gasteiger partial charge in [-0.15, -0.1) is 0 Å². The topological polar surface area (TPSA) is 124 Å². The molecule has 2 aromatic carbocycles. The van der Waals surface area contributed by atoms with Gasteiger partial charge in [0.1, 0.15) is 5.75 Å². The molecule has 3 fully saturated rings. The van der Waals surface area contributed by atoms with Crippen LogP contribution in [0.5, 0.6) is 5.75 Å². The van der Waals surface area contributed by atoms with Gasteiger partial charge in [-0.05, 0) is 92.9 Å². The zero-order chi connectivity index (χ0) is 29.1. The maximum atomic E-state index is 13.4. The monoisotopic (exact) mass is 567 g/mol. The van der Waals surface area contributed by atoms with Crippen LogP contribution in [0, 0.1) is 11.8 Å². The number of anilines is 1. The summed E-state index contributed by atoms with van der Waals surface area (Å²) in [6, 6.07) is 14.6. The van der Waals surface area contributed by atoms with Crippen molar-refractivity contribution in [1.29, 1.82) is 0 Å². The highest BCUT2D eigenvalue weighted by Gasteiger charge is 2.33. The quantitative estimate of drug-likeness (QED) is 0.322. The number of phenols is 1. The van der Waals surface area contributed by atoms with E-state index in [1.54, 1.807) is 60.9 Å². The minimum Gasteiger partial charge on any atom is -0.507 e. The van der Waals surface area contributed by atoms with Crippen LogP contribution in [0.15, 0.2) is 67.0 Å². The van der Waals surface area contributed by atoms with E-state index in [1.165, 1.54) is 19.3 Å². The first-order valence-electron chi connectivity index (χ1n) is 14.9. The van der Waals surface area contributed by atoms with E-state index in [1.807, 2.05) is 6.07 Å². The third-order valence-electron chi connectivity index (χ3n) is 8.90. The summed E-state index contributed by atoms with van der Waals surface area (Å²) in [5, 5.41) is 20.0. The Hall–Kier alpha value is -4.24. The molecule has 218 valence electrons. The number of benzene rings is 2. The van der Waals surface area contributed by atoms with Crippen LogP contribution in [-0.4, -0.2) is 66.0 Å². The van der Waals surface area contributed by atoms with Gasteiger partial charge in [0.15, 0.2) is 5.78 Å². The molecule has 0 spiro atoms. The number of piperidine rings is 1. The molecule has 2 amide bonds. The summed E-state index contributed by atoms with van der Waals surface area (Å²) in [7, 11) is 0. The summed E-state index contributed by atoms with van der Waals surface area (Å²) in [6.07, 6.45) is 8.55. The Kier molecular flexibility index (Phi) is 8.19. The molecule has 2 saturated heterocycles. The first-order chi connectivity index (χ1) is 20.4. The molecule has 1 aromatic heterocycles. The molecular weight excluding hydrogens is 530 g/mol. The van der Waals surface area contributed by atoms with Crippen LogP contribution in [-0.2, 0) is 0 Å². The fourth-order valence-corrected chi connectivity index (χ4v) is 6.63. The van der Waals surface area contributed by atoms with Gasteiger partial charge >= 0.3 is 0 Å². The number of nitrogens with zero attached hydrogens (tertiary/aromatic N) is 2. The number of nitrogens with one attached hydrogen (secondary N) is 3. The number of ketones is 1. The van der Waals surface area contributed by atoms with Gasteiger partial charge in [-0.1, -0.05) is 12.1 Å². The lowest BCUT2D eigenvalue weighted by Gasteiger charge is -2.34. The minimum absolute atomic E-state index is 0.0487. The molecule has 42 heavy (non-hydrogen) atoms. The predicted octanol–water partition coefficient (Wildman–Crippen LogP) is 3.53. The second-order valence-electron chi connectivity index (χ2n) is 11.8. The van der Waals surface area contributed by atoms with Crippen molar-refractivity contribution < 1.29 is 19.5 Å². The largest absolute Gasteiger partial charge is 0.507 e. The van der Waals surface area contributed by atoms with E-state index < -0.39 is 0 Å². The first kappa shape index (κ1) is 27.9. The Balaban J connectivity index is 1.12. The molecule has 3 aliphatic rings. The standard InChI is InChI=1S/C33H37N5O4/c39-30-10-9-26(38-19-21-3-4-22(16-21)20-38)17-27(30)31(40)23-5-7-24(8-6-23)32(41)36-28-2-1-13-35-18-29(28)37-33(42)25-11-14-34-15-12-25/h5-12,14-15,17,21-22,28-29,35,39H,1-4,13,16,18-20H2,(H,36,41)(H,37,42)/t21?,22?,28-,29-/m1/s1. The lowest BCUT2D eigenvalue weighted by Crippen LogP contribution is -2.54. The van der Waals surface area contributed by atoms with Crippen molar-refractivity contribution in [3.05, 3.63) is 89.2 Å². The molecule has 2 unspecified atom stereocenters. The molecule has 6 rings (SSSR count). The van der Waals surface area contributed by atoms with Crippen molar-refractivity contribution in [3.8, 4) is 5.75 Å². The number of hydrogen-bond acceptors (Lipinski definition) is 7. The molecule has 0 radical (unpaired) electrons. The van der Waals surface area contributed by atoms with Gasteiger partial charge in [-0.3, -0.25) is 19.4 Å². The maximum absolute atomic E-state index is 13.4. The normalized spacial score (nSPS) is 23.6. The van der Waals surface area contributed by atoms with Crippen LogP contribution in [0.3, 0.4) is 0 Å².